The minimum Gasteiger partial charge on any atom is -0.481 e. The first-order valence-electron chi connectivity index (χ1n) is 5.32. The van der Waals surface area contributed by atoms with E-state index in [4.69, 9.17) is 5.11 Å². The first-order chi connectivity index (χ1) is 7.08. The largest absolute Gasteiger partial charge is 0.481 e. The monoisotopic (exact) mass is 208 g/mol. The Morgan fingerprint density at radius 2 is 2.33 bits per heavy atom. The summed E-state index contributed by atoms with van der Waals surface area (Å²) in [7, 11) is 0. The summed E-state index contributed by atoms with van der Waals surface area (Å²) in [6.07, 6.45) is 2.13. The number of aliphatic carboxylic acids is 1. The fourth-order valence-electron chi connectivity index (χ4n) is 2.25. The second-order valence-electron chi connectivity index (χ2n) is 4.31. The lowest BCUT2D eigenvalue weighted by molar-refractivity contribution is -0.138. The smallest absolute Gasteiger partial charge is 0.303 e. The quantitative estimate of drug-likeness (QED) is 0.802. The van der Waals surface area contributed by atoms with Gasteiger partial charge in [-0.3, -0.25) is 4.79 Å². The van der Waals surface area contributed by atoms with Crippen molar-refractivity contribution in [1.82, 2.24) is 9.55 Å². The molecule has 0 aliphatic carbocycles. The summed E-state index contributed by atoms with van der Waals surface area (Å²) < 4.78 is 2.17. The number of aryl methyl sites for hydroxylation is 2. The summed E-state index contributed by atoms with van der Waals surface area (Å²) in [5.74, 6) is 0.687. The van der Waals surface area contributed by atoms with Crippen molar-refractivity contribution in [2.24, 2.45) is 5.92 Å². The molecule has 0 bridgehead atoms. The van der Waals surface area contributed by atoms with Crippen LogP contribution in [0.5, 0.6) is 0 Å². The van der Waals surface area contributed by atoms with Gasteiger partial charge in [0.05, 0.1) is 5.69 Å². The predicted molar refractivity (Wildman–Crippen MR) is 55.8 cm³/mol. The SMILES string of the molecule is Cc1nc2n(c1C)CC(CC(=O)O)CC2. The van der Waals surface area contributed by atoms with Crippen LogP contribution in [-0.2, 0) is 17.8 Å². The third-order valence-corrected chi connectivity index (χ3v) is 3.22. The molecule has 4 nitrogen and oxygen atoms in total. The number of hydrogen-bond acceptors (Lipinski definition) is 2. The van der Waals surface area contributed by atoms with Crippen molar-refractivity contribution in [2.45, 2.75) is 39.7 Å². The summed E-state index contributed by atoms with van der Waals surface area (Å²) in [6, 6.07) is 0. The van der Waals surface area contributed by atoms with Crippen molar-refractivity contribution < 1.29 is 9.90 Å². The standard InChI is InChI=1S/C11H16N2O2/c1-7-8(2)13-6-9(5-11(14)15)3-4-10(13)12-7/h9H,3-6H2,1-2H3,(H,14,15). The molecular formula is C11H16N2O2. The van der Waals surface area contributed by atoms with Gasteiger partial charge in [-0.05, 0) is 26.2 Å². The molecule has 2 heterocycles. The van der Waals surface area contributed by atoms with E-state index in [2.05, 4.69) is 16.5 Å². The molecule has 1 aliphatic rings. The lowest BCUT2D eigenvalue weighted by atomic mass is 9.96. The highest BCUT2D eigenvalue weighted by Gasteiger charge is 2.23. The molecule has 1 aromatic heterocycles. The third kappa shape index (κ3) is 1.89. The van der Waals surface area contributed by atoms with Crippen LogP contribution in [0.3, 0.4) is 0 Å². The summed E-state index contributed by atoms with van der Waals surface area (Å²) >= 11 is 0. The third-order valence-electron chi connectivity index (χ3n) is 3.22. The average Bonchev–Trinajstić information content (AvgIpc) is 2.43. The number of hydrogen-bond donors (Lipinski definition) is 1. The molecule has 0 amide bonds. The fourth-order valence-corrected chi connectivity index (χ4v) is 2.25. The highest BCUT2D eigenvalue weighted by Crippen LogP contribution is 2.24. The van der Waals surface area contributed by atoms with Crippen LogP contribution in [-0.4, -0.2) is 20.6 Å². The molecule has 2 rings (SSSR count). The van der Waals surface area contributed by atoms with E-state index >= 15 is 0 Å². The van der Waals surface area contributed by atoms with Crippen molar-refractivity contribution in [2.75, 3.05) is 0 Å². The highest BCUT2D eigenvalue weighted by atomic mass is 16.4. The van der Waals surface area contributed by atoms with E-state index in [9.17, 15) is 4.79 Å². The number of carbonyl (C=O) groups is 1. The Hall–Kier alpha value is -1.32. The number of nitrogens with zero attached hydrogens (tertiary/aromatic N) is 2. The number of carboxylic acids is 1. The number of rotatable bonds is 2. The van der Waals surface area contributed by atoms with E-state index in [1.807, 2.05) is 6.92 Å². The van der Waals surface area contributed by atoms with E-state index < -0.39 is 5.97 Å². The van der Waals surface area contributed by atoms with Crippen molar-refractivity contribution >= 4 is 5.97 Å². The number of carboxylic acid groups (broad SMARTS) is 1. The normalized spacial score (nSPS) is 20.0. The van der Waals surface area contributed by atoms with E-state index in [0.717, 1.165) is 30.9 Å². The lowest BCUT2D eigenvalue weighted by Crippen LogP contribution is -2.23. The molecule has 15 heavy (non-hydrogen) atoms. The topological polar surface area (TPSA) is 55.1 Å². The fraction of sp³-hybridized carbons (Fsp3) is 0.636. The molecule has 1 N–H and O–H groups in total. The first kappa shape index (κ1) is 10.2. The average molecular weight is 208 g/mol. The van der Waals surface area contributed by atoms with Crippen LogP contribution < -0.4 is 0 Å². The van der Waals surface area contributed by atoms with Crippen LogP contribution in [0.2, 0.25) is 0 Å². The van der Waals surface area contributed by atoms with E-state index in [-0.39, 0.29) is 12.3 Å². The summed E-state index contributed by atoms with van der Waals surface area (Å²) in [6.45, 7) is 4.87. The second kappa shape index (κ2) is 3.68. The molecule has 0 spiro atoms. The minimum atomic E-state index is -0.696. The number of fused-ring (bicyclic) bond motifs is 1. The molecule has 0 fully saturated rings. The van der Waals surface area contributed by atoms with Gasteiger partial charge in [0.15, 0.2) is 0 Å². The molecule has 1 aromatic rings. The van der Waals surface area contributed by atoms with Gasteiger partial charge in [0, 0.05) is 25.1 Å². The summed E-state index contributed by atoms with van der Waals surface area (Å²) in [4.78, 5) is 15.1. The van der Waals surface area contributed by atoms with Gasteiger partial charge in [-0.2, -0.15) is 0 Å². The molecule has 0 radical (unpaired) electrons. The van der Waals surface area contributed by atoms with Crippen molar-refractivity contribution in [1.29, 1.82) is 0 Å². The van der Waals surface area contributed by atoms with Crippen molar-refractivity contribution in [3.63, 3.8) is 0 Å². The van der Waals surface area contributed by atoms with Gasteiger partial charge in [-0.1, -0.05) is 0 Å². The van der Waals surface area contributed by atoms with Crippen LogP contribution in [0.25, 0.3) is 0 Å². The lowest BCUT2D eigenvalue weighted by Gasteiger charge is -2.23. The van der Waals surface area contributed by atoms with Crippen LogP contribution in [0.15, 0.2) is 0 Å². The van der Waals surface area contributed by atoms with Crippen molar-refractivity contribution in [3.05, 3.63) is 17.2 Å². The predicted octanol–water partition coefficient (Wildman–Crippen LogP) is 1.54. The molecule has 4 heteroatoms. The number of imidazole rings is 1. The molecule has 1 aliphatic heterocycles. The number of aromatic nitrogens is 2. The first-order valence-corrected chi connectivity index (χ1v) is 5.32. The highest BCUT2D eigenvalue weighted by molar-refractivity contribution is 5.67. The second-order valence-corrected chi connectivity index (χ2v) is 4.31. The zero-order chi connectivity index (χ0) is 11.0. The maximum absolute atomic E-state index is 10.6. The van der Waals surface area contributed by atoms with Gasteiger partial charge in [0.1, 0.15) is 5.82 Å². The van der Waals surface area contributed by atoms with Crippen LogP contribution in [0.4, 0.5) is 0 Å². The molecular weight excluding hydrogens is 192 g/mol. The van der Waals surface area contributed by atoms with Gasteiger partial charge < -0.3 is 9.67 Å². The minimum absolute atomic E-state index is 0.266. The molecule has 0 saturated carbocycles. The molecule has 1 atom stereocenters. The zero-order valence-electron chi connectivity index (χ0n) is 9.16. The van der Waals surface area contributed by atoms with Gasteiger partial charge in [-0.25, -0.2) is 4.98 Å². The van der Waals surface area contributed by atoms with E-state index in [1.54, 1.807) is 0 Å². The molecule has 1 unspecified atom stereocenters. The Bertz CT molecular complexity index is 396. The van der Waals surface area contributed by atoms with Crippen molar-refractivity contribution in [3.8, 4) is 0 Å². The maximum Gasteiger partial charge on any atom is 0.303 e. The van der Waals surface area contributed by atoms with E-state index in [1.165, 1.54) is 5.69 Å². The Morgan fingerprint density at radius 1 is 1.60 bits per heavy atom. The van der Waals surface area contributed by atoms with E-state index in [0.29, 0.717) is 0 Å². The zero-order valence-corrected chi connectivity index (χ0v) is 9.16. The Labute approximate surface area is 88.9 Å². The Balaban J connectivity index is 2.18. The maximum atomic E-state index is 10.6. The summed E-state index contributed by atoms with van der Waals surface area (Å²) in [5.41, 5.74) is 2.25. The van der Waals surface area contributed by atoms with Gasteiger partial charge in [-0.15, -0.1) is 0 Å². The van der Waals surface area contributed by atoms with Gasteiger partial charge in [0.2, 0.25) is 0 Å². The van der Waals surface area contributed by atoms with Crippen LogP contribution >= 0.6 is 0 Å². The molecule has 0 aromatic carbocycles. The van der Waals surface area contributed by atoms with Gasteiger partial charge in [0.25, 0.3) is 0 Å². The Kier molecular flexibility index (Phi) is 2.50. The summed E-state index contributed by atoms with van der Waals surface area (Å²) in [5, 5.41) is 8.76. The Morgan fingerprint density at radius 3 is 3.00 bits per heavy atom. The van der Waals surface area contributed by atoms with Crippen LogP contribution in [0.1, 0.15) is 30.1 Å². The molecule has 0 saturated heterocycles. The van der Waals surface area contributed by atoms with Gasteiger partial charge >= 0.3 is 5.97 Å². The molecule has 82 valence electrons. The van der Waals surface area contributed by atoms with Crippen LogP contribution in [0, 0.1) is 19.8 Å².